The Bertz CT molecular complexity index is 328. The van der Waals surface area contributed by atoms with Crippen LogP contribution in [0.4, 0.5) is 5.82 Å². The molecule has 0 spiro atoms. The number of nitrogens with one attached hydrogen (secondary N) is 1. The molecular weight excluding hydrogens is 256 g/mol. The monoisotopic (exact) mass is 270 g/mol. The van der Waals surface area contributed by atoms with Gasteiger partial charge in [0.05, 0.1) is 13.2 Å². The number of aromatic nitrogens is 1. The van der Waals surface area contributed by atoms with Crippen molar-refractivity contribution in [2.75, 3.05) is 25.1 Å². The molecule has 0 bridgehead atoms. The molecular formula is C11H15BrN2O. The first kappa shape index (κ1) is 12.2. The predicted octanol–water partition coefficient (Wildman–Crippen LogP) is 2.85. The van der Waals surface area contributed by atoms with Gasteiger partial charge in [0, 0.05) is 6.54 Å². The lowest BCUT2D eigenvalue weighted by Crippen LogP contribution is -2.11. The molecule has 82 valence electrons. The van der Waals surface area contributed by atoms with Gasteiger partial charge in [-0.25, -0.2) is 4.98 Å². The first-order valence-electron chi connectivity index (χ1n) is 4.77. The second-order valence-corrected chi connectivity index (χ2v) is 4.09. The topological polar surface area (TPSA) is 34.1 Å². The van der Waals surface area contributed by atoms with Crippen LogP contribution in [0, 0.1) is 0 Å². The second kappa shape index (κ2) is 6.58. The summed E-state index contributed by atoms with van der Waals surface area (Å²) in [6.07, 6.45) is 0. The number of ether oxygens (including phenoxy) is 1. The van der Waals surface area contributed by atoms with Crippen molar-refractivity contribution in [2.24, 2.45) is 0 Å². The van der Waals surface area contributed by atoms with Crippen LogP contribution in [0.15, 0.2) is 35.0 Å². The van der Waals surface area contributed by atoms with Gasteiger partial charge in [-0.15, -0.1) is 0 Å². The zero-order valence-electron chi connectivity index (χ0n) is 8.79. The number of anilines is 1. The van der Waals surface area contributed by atoms with Gasteiger partial charge in [-0.05, 0) is 35.0 Å². The maximum atomic E-state index is 5.35. The number of hydrogen-bond donors (Lipinski definition) is 1. The molecule has 0 unspecified atom stereocenters. The molecule has 1 aromatic heterocycles. The van der Waals surface area contributed by atoms with Crippen molar-refractivity contribution in [1.82, 2.24) is 4.98 Å². The van der Waals surface area contributed by atoms with Gasteiger partial charge in [0.1, 0.15) is 10.4 Å². The molecule has 1 N–H and O–H groups in total. The molecule has 0 aliphatic carbocycles. The second-order valence-electron chi connectivity index (χ2n) is 3.28. The third-order valence-electron chi connectivity index (χ3n) is 1.62. The first-order chi connectivity index (χ1) is 7.18. The molecule has 0 saturated heterocycles. The van der Waals surface area contributed by atoms with Gasteiger partial charge in [-0.1, -0.05) is 18.2 Å². The highest BCUT2D eigenvalue weighted by Gasteiger charge is 1.94. The van der Waals surface area contributed by atoms with E-state index in [0.717, 1.165) is 22.5 Å². The molecule has 1 rings (SSSR count). The highest BCUT2D eigenvalue weighted by atomic mass is 79.9. The smallest absolute Gasteiger partial charge is 0.127 e. The first-order valence-corrected chi connectivity index (χ1v) is 5.56. The van der Waals surface area contributed by atoms with Gasteiger partial charge in [-0.2, -0.15) is 0 Å². The summed E-state index contributed by atoms with van der Waals surface area (Å²) in [7, 11) is 0. The summed E-state index contributed by atoms with van der Waals surface area (Å²) in [6.45, 7) is 7.73. The van der Waals surface area contributed by atoms with Crippen LogP contribution < -0.4 is 5.32 Å². The molecule has 1 heterocycles. The summed E-state index contributed by atoms with van der Waals surface area (Å²) >= 11 is 3.31. The van der Waals surface area contributed by atoms with Crippen molar-refractivity contribution < 1.29 is 4.74 Å². The highest BCUT2D eigenvalue weighted by molar-refractivity contribution is 9.10. The lowest BCUT2D eigenvalue weighted by atomic mass is 10.4. The lowest BCUT2D eigenvalue weighted by molar-refractivity contribution is 0.167. The summed E-state index contributed by atoms with van der Waals surface area (Å²) in [5.41, 5.74) is 1.04. The maximum absolute atomic E-state index is 5.35. The molecule has 4 heteroatoms. The average Bonchev–Trinajstić information content (AvgIpc) is 2.17. The summed E-state index contributed by atoms with van der Waals surface area (Å²) < 4.78 is 6.17. The fourth-order valence-corrected chi connectivity index (χ4v) is 1.35. The number of pyridine rings is 1. The van der Waals surface area contributed by atoms with Crippen LogP contribution in [0.3, 0.4) is 0 Å². The van der Waals surface area contributed by atoms with E-state index in [1.54, 1.807) is 0 Å². The summed E-state index contributed by atoms with van der Waals surface area (Å²) in [4.78, 5) is 4.24. The van der Waals surface area contributed by atoms with Crippen LogP contribution in [0.25, 0.3) is 0 Å². The van der Waals surface area contributed by atoms with Crippen LogP contribution in [0.5, 0.6) is 0 Å². The van der Waals surface area contributed by atoms with E-state index in [4.69, 9.17) is 4.74 Å². The molecule has 0 fully saturated rings. The minimum atomic E-state index is 0.619. The molecule has 0 atom stereocenters. The predicted molar refractivity (Wildman–Crippen MR) is 66.1 cm³/mol. The quantitative estimate of drug-likeness (QED) is 0.491. The Balaban J connectivity index is 2.17. The molecule has 0 aromatic carbocycles. The standard InChI is InChI=1S/C11H15BrN2O/c1-9(2)8-15-7-6-13-11-5-3-4-10(12)14-11/h3-5H,1,6-8H2,2H3,(H,13,14). The van der Waals surface area contributed by atoms with Crippen LogP contribution in [-0.2, 0) is 4.74 Å². The van der Waals surface area contributed by atoms with E-state index in [1.807, 2.05) is 25.1 Å². The molecule has 0 aliphatic rings. The molecule has 3 nitrogen and oxygen atoms in total. The van der Waals surface area contributed by atoms with Gasteiger partial charge in [0.15, 0.2) is 0 Å². The van der Waals surface area contributed by atoms with Crippen LogP contribution in [-0.4, -0.2) is 24.7 Å². The highest BCUT2D eigenvalue weighted by Crippen LogP contribution is 2.09. The van der Waals surface area contributed by atoms with E-state index in [1.165, 1.54) is 0 Å². The van der Waals surface area contributed by atoms with Gasteiger partial charge >= 0.3 is 0 Å². The van der Waals surface area contributed by atoms with E-state index in [2.05, 4.69) is 32.8 Å². The summed E-state index contributed by atoms with van der Waals surface area (Å²) in [5, 5.41) is 3.16. The minimum Gasteiger partial charge on any atom is -0.375 e. The Labute approximate surface area is 98.7 Å². The number of rotatable bonds is 6. The Hall–Kier alpha value is -0.870. The molecule has 1 aromatic rings. The van der Waals surface area contributed by atoms with Gasteiger partial charge in [-0.3, -0.25) is 0 Å². The molecule has 0 amide bonds. The lowest BCUT2D eigenvalue weighted by Gasteiger charge is -2.06. The molecule has 0 aliphatic heterocycles. The van der Waals surface area contributed by atoms with E-state index in [-0.39, 0.29) is 0 Å². The zero-order chi connectivity index (χ0) is 11.1. The fraction of sp³-hybridized carbons (Fsp3) is 0.364. The fourth-order valence-electron chi connectivity index (χ4n) is 1.00. The van der Waals surface area contributed by atoms with E-state index >= 15 is 0 Å². The van der Waals surface area contributed by atoms with Gasteiger partial charge in [0.25, 0.3) is 0 Å². The van der Waals surface area contributed by atoms with Gasteiger partial charge in [0.2, 0.25) is 0 Å². The van der Waals surface area contributed by atoms with Crippen molar-refractivity contribution in [3.05, 3.63) is 35.0 Å². The van der Waals surface area contributed by atoms with Crippen LogP contribution >= 0.6 is 15.9 Å². The van der Waals surface area contributed by atoms with Gasteiger partial charge < -0.3 is 10.1 Å². The number of halogens is 1. The molecule has 0 radical (unpaired) electrons. The number of hydrogen-bond acceptors (Lipinski definition) is 3. The summed E-state index contributed by atoms with van der Waals surface area (Å²) in [6, 6.07) is 5.75. The largest absolute Gasteiger partial charge is 0.375 e. The summed E-state index contributed by atoms with van der Waals surface area (Å²) in [5.74, 6) is 0.850. The molecule has 15 heavy (non-hydrogen) atoms. The van der Waals surface area contributed by atoms with E-state index < -0.39 is 0 Å². The van der Waals surface area contributed by atoms with Crippen LogP contribution in [0.2, 0.25) is 0 Å². The SMILES string of the molecule is C=C(C)COCCNc1cccc(Br)n1. The van der Waals surface area contributed by atoms with Crippen molar-refractivity contribution in [2.45, 2.75) is 6.92 Å². The molecule has 0 saturated carbocycles. The third-order valence-corrected chi connectivity index (χ3v) is 2.06. The van der Waals surface area contributed by atoms with E-state index in [0.29, 0.717) is 13.2 Å². The normalized spacial score (nSPS) is 10.0. The zero-order valence-corrected chi connectivity index (χ0v) is 10.4. The maximum Gasteiger partial charge on any atom is 0.127 e. The Morgan fingerprint density at radius 2 is 2.40 bits per heavy atom. The average molecular weight is 271 g/mol. The van der Waals surface area contributed by atoms with Crippen molar-refractivity contribution >= 4 is 21.7 Å². The third kappa shape index (κ3) is 5.54. The Morgan fingerprint density at radius 1 is 1.60 bits per heavy atom. The minimum absolute atomic E-state index is 0.619. The number of nitrogens with zero attached hydrogens (tertiary/aromatic N) is 1. The van der Waals surface area contributed by atoms with E-state index in [9.17, 15) is 0 Å². The Kier molecular flexibility index (Phi) is 5.36. The van der Waals surface area contributed by atoms with Crippen molar-refractivity contribution in [3.63, 3.8) is 0 Å². The van der Waals surface area contributed by atoms with Crippen LogP contribution in [0.1, 0.15) is 6.92 Å². The van der Waals surface area contributed by atoms with Crippen molar-refractivity contribution in [1.29, 1.82) is 0 Å². The van der Waals surface area contributed by atoms with Crippen molar-refractivity contribution in [3.8, 4) is 0 Å². The Morgan fingerprint density at radius 3 is 3.07 bits per heavy atom.